The van der Waals surface area contributed by atoms with E-state index in [9.17, 15) is 4.79 Å². The van der Waals surface area contributed by atoms with E-state index in [0.29, 0.717) is 17.2 Å². The van der Waals surface area contributed by atoms with Crippen molar-refractivity contribution in [2.75, 3.05) is 6.54 Å². The molecule has 1 aromatic heterocycles. The van der Waals surface area contributed by atoms with Crippen molar-refractivity contribution in [3.8, 4) is 0 Å². The Bertz CT molecular complexity index is 359. The van der Waals surface area contributed by atoms with Crippen LogP contribution in [0.3, 0.4) is 0 Å². The topological polar surface area (TPSA) is 68.0 Å². The molecule has 1 rings (SSSR count). The van der Waals surface area contributed by atoms with E-state index in [-0.39, 0.29) is 11.3 Å². The fourth-order valence-electron chi connectivity index (χ4n) is 0.804. The first-order chi connectivity index (χ1) is 6.93. The van der Waals surface area contributed by atoms with Crippen molar-refractivity contribution in [2.24, 2.45) is 11.1 Å². The van der Waals surface area contributed by atoms with Gasteiger partial charge in [0.05, 0.1) is 10.5 Å². The van der Waals surface area contributed by atoms with Gasteiger partial charge in [0, 0.05) is 17.3 Å². The molecule has 1 amide bonds. The van der Waals surface area contributed by atoms with E-state index < -0.39 is 0 Å². The van der Waals surface area contributed by atoms with Crippen molar-refractivity contribution in [2.45, 2.75) is 13.8 Å². The van der Waals surface area contributed by atoms with E-state index in [1.54, 1.807) is 10.9 Å². The number of nitrogens with zero attached hydrogens (tertiary/aromatic N) is 1. The molecule has 4 nitrogen and oxygen atoms in total. The van der Waals surface area contributed by atoms with Crippen LogP contribution in [0.2, 0.25) is 0 Å². The average molecular weight is 243 g/mol. The lowest BCUT2D eigenvalue weighted by molar-refractivity contribution is 0.0940. The average Bonchev–Trinajstić information content (AvgIpc) is 2.66. The van der Waals surface area contributed by atoms with Crippen LogP contribution < -0.4 is 11.1 Å². The summed E-state index contributed by atoms with van der Waals surface area (Å²) in [7, 11) is 0. The van der Waals surface area contributed by atoms with E-state index in [1.807, 2.05) is 13.8 Å². The highest BCUT2D eigenvalue weighted by molar-refractivity contribution is 7.80. The van der Waals surface area contributed by atoms with Crippen molar-refractivity contribution in [3.63, 3.8) is 0 Å². The van der Waals surface area contributed by atoms with Gasteiger partial charge in [0.1, 0.15) is 5.69 Å². The van der Waals surface area contributed by atoms with E-state index in [4.69, 9.17) is 18.0 Å². The minimum atomic E-state index is -0.374. The van der Waals surface area contributed by atoms with Gasteiger partial charge < -0.3 is 11.1 Å². The minimum absolute atomic E-state index is 0.194. The van der Waals surface area contributed by atoms with Gasteiger partial charge in [-0.3, -0.25) is 4.79 Å². The van der Waals surface area contributed by atoms with Gasteiger partial charge >= 0.3 is 0 Å². The molecule has 0 aliphatic carbocycles. The van der Waals surface area contributed by atoms with Crippen molar-refractivity contribution in [3.05, 3.63) is 16.6 Å². The van der Waals surface area contributed by atoms with Crippen LogP contribution in [-0.2, 0) is 0 Å². The minimum Gasteiger partial charge on any atom is -0.393 e. The third kappa shape index (κ3) is 3.24. The van der Waals surface area contributed by atoms with Crippen LogP contribution in [0.15, 0.2) is 10.9 Å². The van der Waals surface area contributed by atoms with Crippen molar-refractivity contribution >= 4 is 34.5 Å². The van der Waals surface area contributed by atoms with Gasteiger partial charge in [0.15, 0.2) is 0 Å². The van der Waals surface area contributed by atoms with Crippen molar-refractivity contribution < 1.29 is 4.79 Å². The normalized spacial score (nSPS) is 11.1. The van der Waals surface area contributed by atoms with Gasteiger partial charge in [-0.05, 0) is 0 Å². The predicted molar refractivity (Wildman–Crippen MR) is 65.0 cm³/mol. The van der Waals surface area contributed by atoms with Crippen molar-refractivity contribution in [1.29, 1.82) is 0 Å². The first-order valence-electron chi connectivity index (χ1n) is 4.40. The molecule has 0 radical (unpaired) electrons. The molecule has 0 aromatic carbocycles. The number of hydrogen-bond donors (Lipinski definition) is 2. The molecule has 0 spiro atoms. The Labute approximate surface area is 97.9 Å². The van der Waals surface area contributed by atoms with Crippen LogP contribution >= 0.6 is 23.6 Å². The van der Waals surface area contributed by atoms with E-state index in [1.165, 1.54) is 11.3 Å². The van der Waals surface area contributed by atoms with Gasteiger partial charge in [-0.25, -0.2) is 4.98 Å². The van der Waals surface area contributed by atoms with Gasteiger partial charge in [-0.2, -0.15) is 0 Å². The molecular formula is C9H13N3OS2. The maximum Gasteiger partial charge on any atom is 0.270 e. The molecule has 0 aliphatic heterocycles. The number of hydrogen-bond acceptors (Lipinski definition) is 4. The zero-order chi connectivity index (χ0) is 11.5. The third-order valence-corrected chi connectivity index (χ3v) is 3.16. The van der Waals surface area contributed by atoms with Crippen LogP contribution in [0.5, 0.6) is 0 Å². The molecule has 3 N–H and O–H groups in total. The first-order valence-corrected chi connectivity index (χ1v) is 5.75. The first kappa shape index (κ1) is 12.1. The molecule has 82 valence electrons. The Morgan fingerprint density at radius 2 is 2.40 bits per heavy atom. The molecule has 0 atom stereocenters. The number of amides is 1. The lowest BCUT2D eigenvalue weighted by Crippen LogP contribution is -2.41. The number of rotatable bonds is 4. The summed E-state index contributed by atoms with van der Waals surface area (Å²) in [6.07, 6.45) is 0. The molecule has 0 saturated heterocycles. The lowest BCUT2D eigenvalue weighted by atomic mass is 9.93. The summed E-state index contributed by atoms with van der Waals surface area (Å²) in [6, 6.07) is 0. The second-order valence-corrected chi connectivity index (χ2v) is 4.96. The number of nitrogens with two attached hydrogens (primary N) is 1. The molecule has 15 heavy (non-hydrogen) atoms. The quantitative estimate of drug-likeness (QED) is 0.779. The molecule has 0 bridgehead atoms. The fraction of sp³-hybridized carbons (Fsp3) is 0.444. The number of nitrogens with one attached hydrogen (secondary N) is 1. The smallest absolute Gasteiger partial charge is 0.270 e. The number of thiocarbonyl (C=S) groups is 1. The fourth-order valence-corrected chi connectivity index (χ4v) is 1.41. The Balaban J connectivity index is 2.51. The highest BCUT2D eigenvalue weighted by Gasteiger charge is 2.22. The van der Waals surface area contributed by atoms with Crippen LogP contribution in [0.4, 0.5) is 0 Å². The largest absolute Gasteiger partial charge is 0.393 e. The highest BCUT2D eigenvalue weighted by Crippen LogP contribution is 2.13. The summed E-state index contributed by atoms with van der Waals surface area (Å²) in [6.45, 7) is 4.19. The Kier molecular flexibility index (Phi) is 3.76. The SMILES string of the molecule is CC(C)(CNC(=O)c1cscn1)C(N)=S. The van der Waals surface area contributed by atoms with Gasteiger partial charge in [-0.1, -0.05) is 26.1 Å². The third-order valence-electron chi connectivity index (χ3n) is 2.02. The van der Waals surface area contributed by atoms with Gasteiger partial charge in [0.25, 0.3) is 5.91 Å². The van der Waals surface area contributed by atoms with Crippen LogP contribution in [0.1, 0.15) is 24.3 Å². The second kappa shape index (κ2) is 4.67. The number of carbonyl (C=O) groups is 1. The molecular weight excluding hydrogens is 230 g/mol. The summed E-state index contributed by atoms with van der Waals surface area (Å²) >= 11 is 6.28. The molecule has 0 saturated carbocycles. The number of carbonyl (C=O) groups excluding carboxylic acids is 1. The highest BCUT2D eigenvalue weighted by atomic mass is 32.1. The zero-order valence-corrected chi connectivity index (χ0v) is 10.2. The molecule has 0 fully saturated rings. The van der Waals surface area contributed by atoms with Crippen LogP contribution in [0, 0.1) is 5.41 Å². The van der Waals surface area contributed by atoms with Crippen LogP contribution in [0.25, 0.3) is 0 Å². The van der Waals surface area contributed by atoms with E-state index >= 15 is 0 Å². The van der Waals surface area contributed by atoms with Gasteiger partial charge in [-0.15, -0.1) is 11.3 Å². The Hall–Kier alpha value is -1.01. The molecule has 1 aromatic rings. The van der Waals surface area contributed by atoms with Gasteiger partial charge in [0.2, 0.25) is 0 Å². The molecule has 0 aliphatic rings. The molecule has 1 heterocycles. The maximum atomic E-state index is 11.5. The standard InChI is InChI=1S/C9H13N3OS2/c1-9(2,8(10)14)4-11-7(13)6-3-15-5-12-6/h3,5H,4H2,1-2H3,(H2,10,14)(H,11,13). The number of aromatic nitrogens is 1. The zero-order valence-electron chi connectivity index (χ0n) is 8.61. The predicted octanol–water partition coefficient (Wildman–Crippen LogP) is 1.19. The summed E-state index contributed by atoms with van der Waals surface area (Å²) in [5.41, 5.74) is 7.22. The second-order valence-electron chi connectivity index (χ2n) is 3.80. The van der Waals surface area contributed by atoms with Crippen molar-refractivity contribution in [1.82, 2.24) is 10.3 Å². The number of thiazole rings is 1. The Morgan fingerprint density at radius 1 is 1.73 bits per heavy atom. The van der Waals surface area contributed by atoms with E-state index in [0.717, 1.165) is 0 Å². The summed E-state index contributed by atoms with van der Waals surface area (Å²) < 4.78 is 0. The summed E-state index contributed by atoms with van der Waals surface area (Å²) in [4.78, 5) is 15.8. The van der Waals surface area contributed by atoms with E-state index in [2.05, 4.69) is 10.3 Å². The monoisotopic (exact) mass is 243 g/mol. The maximum absolute atomic E-state index is 11.5. The summed E-state index contributed by atoms with van der Waals surface area (Å²) in [5, 5.41) is 4.44. The molecule has 0 unspecified atom stereocenters. The molecule has 6 heteroatoms. The summed E-state index contributed by atoms with van der Waals surface area (Å²) in [5.74, 6) is -0.194. The van der Waals surface area contributed by atoms with Crippen LogP contribution in [-0.4, -0.2) is 22.4 Å². The Morgan fingerprint density at radius 3 is 2.87 bits per heavy atom. The lowest BCUT2D eigenvalue weighted by Gasteiger charge is -2.22.